The number of aliphatic hydroxyl groups is 3. The van der Waals surface area contributed by atoms with Gasteiger partial charge < -0.3 is 33.8 Å². The van der Waals surface area contributed by atoms with Crippen molar-refractivity contribution in [3.63, 3.8) is 0 Å². The molecular weight excluding hydrogens is 677 g/mol. The molecule has 308 valence electrons. The molecule has 0 aromatic rings. The van der Waals surface area contributed by atoms with E-state index in [2.05, 4.69) is 62.2 Å². The zero-order valence-corrected chi connectivity index (χ0v) is 35.7. The van der Waals surface area contributed by atoms with Gasteiger partial charge in [0, 0.05) is 31.1 Å². The molecule has 3 N–H and O–H groups in total. The van der Waals surface area contributed by atoms with E-state index in [4.69, 9.17) is 9.47 Å². The Bertz CT molecular complexity index is 1400. The highest BCUT2D eigenvalue weighted by molar-refractivity contribution is 5.71. The lowest BCUT2D eigenvalue weighted by molar-refractivity contribution is -0.920. The van der Waals surface area contributed by atoms with E-state index >= 15 is 0 Å². The number of rotatable bonds is 9. The first-order valence-electron chi connectivity index (χ1n) is 22.4. The van der Waals surface area contributed by atoms with Crippen LogP contribution in [0.2, 0.25) is 0 Å². The van der Waals surface area contributed by atoms with Crippen molar-refractivity contribution >= 4 is 5.97 Å². The van der Waals surface area contributed by atoms with Crippen molar-refractivity contribution in [1.82, 2.24) is 0 Å². The fourth-order valence-corrected chi connectivity index (χ4v) is 15.6. The predicted molar refractivity (Wildman–Crippen MR) is 213 cm³/mol. The number of likely N-dealkylation sites (N-methyl/N-ethyl adjacent to an activating group) is 2. The highest BCUT2D eigenvalue weighted by Gasteiger charge is 2.71. The van der Waals surface area contributed by atoms with Crippen LogP contribution >= 0.6 is 0 Å². The molecule has 0 bridgehead atoms. The third-order valence-corrected chi connectivity index (χ3v) is 19.1. The lowest BCUT2D eigenvalue weighted by Crippen LogP contribution is -2.67. The summed E-state index contributed by atoms with van der Waals surface area (Å²) in [6, 6.07) is 0. The van der Waals surface area contributed by atoms with Crippen LogP contribution in [0, 0.1) is 56.7 Å². The number of aliphatic hydroxyl groups excluding tert-OH is 3. The molecule has 0 spiro atoms. The molecular formula is C46H80N2O6+2. The van der Waals surface area contributed by atoms with Gasteiger partial charge in [-0.15, -0.1) is 0 Å². The lowest BCUT2D eigenvalue weighted by atomic mass is 9.32. The molecule has 5 saturated carbocycles. The maximum absolute atomic E-state index is 13.5. The summed E-state index contributed by atoms with van der Waals surface area (Å²) < 4.78 is 14.5. The van der Waals surface area contributed by atoms with Crippen LogP contribution in [0.15, 0.2) is 12.2 Å². The van der Waals surface area contributed by atoms with Gasteiger partial charge in [0.15, 0.2) is 6.54 Å². The Morgan fingerprint density at radius 1 is 0.759 bits per heavy atom. The Morgan fingerprint density at radius 3 is 2.02 bits per heavy atom. The number of piperidine rings is 2. The van der Waals surface area contributed by atoms with Crippen LogP contribution in [0.3, 0.4) is 0 Å². The van der Waals surface area contributed by atoms with Crippen LogP contribution in [-0.2, 0) is 14.3 Å². The SMILES string of the molecule is C=C(C)C1CC[C@]2(COC(O)C[N+]3(C)CCC(O)CC3)CC[C@]3(C)C(CCC4[C@@]5(C)CC[C@H](OC(=O)C[N+]6(C)CCC(O)CC6)C(C)(C)C5CC[C@]43C)C12. The van der Waals surface area contributed by atoms with Crippen LogP contribution in [0.25, 0.3) is 0 Å². The fourth-order valence-electron chi connectivity index (χ4n) is 15.6. The number of carbonyl (C=O) groups excluding carboxylic acids is 1. The lowest BCUT2D eigenvalue weighted by Gasteiger charge is -2.73. The number of fused-ring (bicyclic) bond motifs is 7. The number of likely N-dealkylation sites (tertiary alicyclic amines) is 2. The summed E-state index contributed by atoms with van der Waals surface area (Å²) in [5.74, 6) is 2.78. The minimum atomic E-state index is -0.776. The van der Waals surface area contributed by atoms with E-state index < -0.39 is 6.29 Å². The number of esters is 1. The fraction of sp³-hybridized carbons (Fsp3) is 0.935. The molecule has 7 rings (SSSR count). The van der Waals surface area contributed by atoms with E-state index in [1.807, 2.05) is 0 Å². The van der Waals surface area contributed by atoms with E-state index in [9.17, 15) is 20.1 Å². The molecule has 0 radical (unpaired) electrons. The van der Waals surface area contributed by atoms with Gasteiger partial charge in [-0.1, -0.05) is 46.8 Å². The summed E-state index contributed by atoms with van der Waals surface area (Å²) in [7, 11) is 4.36. The maximum atomic E-state index is 13.5. The molecule has 8 nitrogen and oxygen atoms in total. The van der Waals surface area contributed by atoms with Gasteiger partial charge in [0.2, 0.25) is 6.29 Å². The molecule has 2 aliphatic heterocycles. The third-order valence-electron chi connectivity index (χ3n) is 19.1. The second-order valence-electron chi connectivity index (χ2n) is 22.6. The average Bonchev–Trinajstić information content (AvgIpc) is 3.49. The number of hydrogen-bond donors (Lipinski definition) is 3. The largest absolute Gasteiger partial charge is 0.458 e. The topological polar surface area (TPSA) is 96.2 Å². The summed E-state index contributed by atoms with van der Waals surface area (Å²) in [5, 5.41) is 31.5. The van der Waals surface area contributed by atoms with E-state index in [0.29, 0.717) is 53.8 Å². The Kier molecular flexibility index (Phi) is 10.9. The van der Waals surface area contributed by atoms with Crippen molar-refractivity contribution in [3.05, 3.63) is 12.2 Å². The van der Waals surface area contributed by atoms with E-state index in [-0.39, 0.29) is 51.4 Å². The Labute approximate surface area is 328 Å². The zero-order valence-electron chi connectivity index (χ0n) is 35.7. The van der Waals surface area contributed by atoms with Gasteiger partial charge in [-0.3, -0.25) is 0 Å². The number of quaternary nitrogens is 2. The van der Waals surface area contributed by atoms with Crippen LogP contribution in [0.5, 0.6) is 0 Å². The molecule has 8 heteroatoms. The van der Waals surface area contributed by atoms with Crippen molar-refractivity contribution in [2.24, 2.45) is 56.7 Å². The monoisotopic (exact) mass is 757 g/mol. The second kappa shape index (κ2) is 14.4. The molecule has 54 heavy (non-hydrogen) atoms. The van der Waals surface area contributed by atoms with Gasteiger partial charge in [0.1, 0.15) is 12.6 Å². The van der Waals surface area contributed by atoms with Gasteiger partial charge in [0.25, 0.3) is 0 Å². The van der Waals surface area contributed by atoms with Crippen molar-refractivity contribution in [1.29, 1.82) is 0 Å². The third kappa shape index (κ3) is 6.88. The maximum Gasteiger partial charge on any atom is 0.362 e. The van der Waals surface area contributed by atoms with Crippen LogP contribution in [-0.4, -0.2) is 115 Å². The normalized spacial score (nSPS) is 50.5. The molecule has 0 amide bonds. The summed E-state index contributed by atoms with van der Waals surface area (Å²) in [6.07, 6.45) is 13.7. The number of carbonyl (C=O) groups is 1. The van der Waals surface area contributed by atoms with Crippen molar-refractivity contribution in [2.75, 3.05) is 60.0 Å². The first kappa shape index (κ1) is 41.1. The second-order valence-corrected chi connectivity index (χ2v) is 22.6. The van der Waals surface area contributed by atoms with Crippen molar-refractivity contribution < 1.29 is 38.6 Å². The van der Waals surface area contributed by atoms with Gasteiger partial charge in [-0.2, -0.15) is 0 Å². The molecule has 5 aliphatic carbocycles. The molecule has 0 aromatic heterocycles. The first-order chi connectivity index (χ1) is 25.2. The quantitative estimate of drug-likeness (QED) is 0.101. The predicted octanol–water partition coefficient (Wildman–Crippen LogP) is 7.09. The van der Waals surface area contributed by atoms with Crippen LogP contribution in [0.4, 0.5) is 0 Å². The summed E-state index contributed by atoms with van der Waals surface area (Å²) in [4.78, 5) is 13.5. The number of hydrogen-bond acceptors (Lipinski definition) is 6. The highest BCUT2D eigenvalue weighted by atomic mass is 16.6. The molecule has 7 fully saturated rings. The van der Waals surface area contributed by atoms with Crippen molar-refractivity contribution in [3.8, 4) is 0 Å². The van der Waals surface area contributed by atoms with Gasteiger partial charge in [-0.25, -0.2) is 4.79 Å². The Hall–Kier alpha value is -1.03. The van der Waals surface area contributed by atoms with E-state index in [0.717, 1.165) is 69.2 Å². The molecule has 7 aliphatic rings. The Morgan fingerprint density at radius 2 is 1.39 bits per heavy atom. The van der Waals surface area contributed by atoms with E-state index in [1.54, 1.807) is 0 Å². The highest BCUT2D eigenvalue weighted by Crippen LogP contribution is 2.77. The smallest absolute Gasteiger partial charge is 0.362 e. The molecule has 2 heterocycles. The number of nitrogens with zero attached hydrogens (tertiary/aromatic N) is 2. The van der Waals surface area contributed by atoms with Crippen molar-refractivity contribution in [2.45, 2.75) is 156 Å². The summed E-state index contributed by atoms with van der Waals surface area (Å²) in [5.41, 5.74) is 2.03. The van der Waals surface area contributed by atoms with E-state index in [1.165, 1.54) is 56.9 Å². The molecule has 2 saturated heterocycles. The van der Waals surface area contributed by atoms with Crippen LogP contribution < -0.4 is 0 Å². The minimum Gasteiger partial charge on any atom is -0.458 e. The molecule has 0 aromatic carbocycles. The van der Waals surface area contributed by atoms with Gasteiger partial charge >= 0.3 is 5.97 Å². The molecule has 6 unspecified atom stereocenters. The first-order valence-corrected chi connectivity index (χ1v) is 22.4. The van der Waals surface area contributed by atoms with Gasteiger partial charge in [-0.05, 0) is 122 Å². The minimum absolute atomic E-state index is 0.0482. The zero-order chi connectivity index (χ0) is 39.1. The number of ether oxygens (including phenoxy) is 2. The Balaban J connectivity index is 1.06. The summed E-state index contributed by atoms with van der Waals surface area (Å²) >= 11 is 0. The average molecular weight is 757 g/mol. The standard InChI is InChI=1S/C46H80N2O6/c1-31(2)34-12-21-46(30-53-39(51)28-47(8)24-15-32(49)16-25-47)23-22-44(6)35(41(34)46)10-11-37-43(5)19-14-38(42(3,4)36(43)13-20-45(37,44)7)54-40(52)29-48(9)26-17-33(50)18-27-48/h32-39,41,49-51H,1,10-30H2,2-9H3/q+2/t32?,33?,34?,35?,36?,37?,38-,39?,41?,43-,44+,45+,46+,47?,48?/m0/s1. The summed E-state index contributed by atoms with van der Waals surface area (Å²) in [6.45, 7) is 24.8. The van der Waals surface area contributed by atoms with Gasteiger partial charge in [0.05, 0.1) is 59.1 Å². The molecule has 11 atom stereocenters. The number of allylic oxidation sites excluding steroid dienone is 1. The van der Waals surface area contributed by atoms with Crippen LogP contribution in [0.1, 0.15) is 131 Å².